The summed E-state index contributed by atoms with van der Waals surface area (Å²) in [7, 11) is 2.85. The molecule has 7 nitrogen and oxygen atoms in total. The molecule has 1 aliphatic rings. The zero-order valence-corrected chi connectivity index (χ0v) is 14.9. The van der Waals surface area contributed by atoms with Crippen molar-refractivity contribution in [3.05, 3.63) is 28.8 Å². The molecule has 0 heterocycles. The summed E-state index contributed by atoms with van der Waals surface area (Å²) in [6, 6.07) is 4.42. The highest BCUT2D eigenvalue weighted by Gasteiger charge is 2.56. The fourth-order valence-electron chi connectivity index (χ4n) is 2.38. The van der Waals surface area contributed by atoms with E-state index in [9.17, 15) is 14.4 Å². The van der Waals surface area contributed by atoms with E-state index in [0.29, 0.717) is 32.4 Å². The van der Waals surface area contributed by atoms with Gasteiger partial charge in [0.2, 0.25) is 11.8 Å². The van der Waals surface area contributed by atoms with Crippen LogP contribution in [0.5, 0.6) is 0 Å². The van der Waals surface area contributed by atoms with E-state index in [2.05, 4.69) is 15.4 Å². The summed E-state index contributed by atoms with van der Waals surface area (Å²) in [4.78, 5) is 36.5. The normalized spacial score (nSPS) is 14.5. The molecule has 0 spiro atoms. The highest BCUT2D eigenvalue weighted by molar-refractivity contribution is 6.34. The molecule has 0 radical (unpaired) electrons. The van der Waals surface area contributed by atoms with Gasteiger partial charge in [0.15, 0.2) is 0 Å². The van der Waals surface area contributed by atoms with Crippen LogP contribution in [0.25, 0.3) is 0 Å². The molecular formula is C17H21ClN2O5. The molecule has 1 saturated carbocycles. The van der Waals surface area contributed by atoms with E-state index in [0.717, 1.165) is 0 Å². The Morgan fingerprint density at radius 2 is 1.92 bits per heavy atom. The lowest BCUT2D eigenvalue weighted by atomic mass is 10.0. The van der Waals surface area contributed by atoms with Crippen molar-refractivity contribution < 1.29 is 23.9 Å². The number of amides is 2. The van der Waals surface area contributed by atoms with Crippen molar-refractivity contribution in [2.75, 3.05) is 32.7 Å². The lowest BCUT2D eigenvalue weighted by Crippen LogP contribution is -2.40. The van der Waals surface area contributed by atoms with E-state index in [1.165, 1.54) is 25.3 Å². The quantitative estimate of drug-likeness (QED) is 0.416. The van der Waals surface area contributed by atoms with Gasteiger partial charge in [-0.15, -0.1) is 0 Å². The van der Waals surface area contributed by atoms with Crippen LogP contribution in [0.15, 0.2) is 18.2 Å². The maximum atomic E-state index is 12.6. The van der Waals surface area contributed by atoms with Gasteiger partial charge in [0.1, 0.15) is 5.41 Å². The third kappa shape index (κ3) is 4.49. The number of ether oxygens (including phenoxy) is 2. The molecule has 1 aromatic carbocycles. The fourth-order valence-corrected chi connectivity index (χ4v) is 2.54. The van der Waals surface area contributed by atoms with E-state index in [4.69, 9.17) is 16.3 Å². The highest BCUT2D eigenvalue weighted by Crippen LogP contribution is 2.47. The van der Waals surface area contributed by atoms with Gasteiger partial charge in [-0.2, -0.15) is 0 Å². The number of hydrogen-bond acceptors (Lipinski definition) is 5. The second-order valence-electron chi connectivity index (χ2n) is 5.82. The van der Waals surface area contributed by atoms with Crippen LogP contribution in [-0.2, 0) is 19.1 Å². The van der Waals surface area contributed by atoms with Crippen molar-refractivity contribution in [2.45, 2.75) is 19.3 Å². The van der Waals surface area contributed by atoms with Crippen LogP contribution in [-0.4, -0.2) is 45.2 Å². The van der Waals surface area contributed by atoms with Crippen LogP contribution >= 0.6 is 11.6 Å². The number of nitrogens with one attached hydrogen (secondary N) is 2. The molecule has 2 rings (SSSR count). The summed E-state index contributed by atoms with van der Waals surface area (Å²) in [6.45, 7) is 0.982. The van der Waals surface area contributed by atoms with Gasteiger partial charge in [-0.3, -0.25) is 9.59 Å². The Morgan fingerprint density at radius 3 is 2.52 bits per heavy atom. The molecule has 2 amide bonds. The average molecular weight is 369 g/mol. The maximum Gasteiger partial charge on any atom is 0.337 e. The molecule has 1 fully saturated rings. The van der Waals surface area contributed by atoms with E-state index >= 15 is 0 Å². The van der Waals surface area contributed by atoms with Crippen LogP contribution in [0.1, 0.15) is 29.6 Å². The van der Waals surface area contributed by atoms with Gasteiger partial charge in [0.25, 0.3) is 0 Å². The fraction of sp³-hybridized carbons (Fsp3) is 0.471. The van der Waals surface area contributed by atoms with Crippen LogP contribution in [0.3, 0.4) is 0 Å². The first kappa shape index (κ1) is 19.2. The average Bonchev–Trinajstić information content (AvgIpc) is 3.41. The molecule has 0 atom stereocenters. The van der Waals surface area contributed by atoms with Gasteiger partial charge in [0, 0.05) is 20.3 Å². The summed E-state index contributed by atoms with van der Waals surface area (Å²) in [5, 5.41) is 5.68. The number of carbonyl (C=O) groups excluding carboxylic acids is 3. The first-order valence-corrected chi connectivity index (χ1v) is 8.29. The lowest BCUT2D eigenvalue weighted by molar-refractivity contribution is -0.134. The van der Waals surface area contributed by atoms with Crippen molar-refractivity contribution in [1.82, 2.24) is 5.32 Å². The van der Waals surface area contributed by atoms with Crippen LogP contribution in [0.4, 0.5) is 5.69 Å². The molecule has 1 aliphatic carbocycles. The van der Waals surface area contributed by atoms with E-state index in [-0.39, 0.29) is 22.2 Å². The summed E-state index contributed by atoms with van der Waals surface area (Å²) in [6.07, 6.45) is 1.62. The van der Waals surface area contributed by atoms with Crippen LogP contribution < -0.4 is 10.6 Å². The van der Waals surface area contributed by atoms with Gasteiger partial charge in [-0.05, 0) is 37.5 Å². The van der Waals surface area contributed by atoms with Crippen molar-refractivity contribution >= 4 is 35.1 Å². The van der Waals surface area contributed by atoms with Gasteiger partial charge in [-0.25, -0.2) is 4.79 Å². The number of halogens is 1. The van der Waals surface area contributed by atoms with E-state index < -0.39 is 17.3 Å². The number of methoxy groups -OCH3 is 2. The SMILES string of the molecule is COCCCNC(=O)C1(C(=O)Nc2cc(C(=O)OC)ccc2Cl)CC1. The summed E-state index contributed by atoms with van der Waals surface area (Å²) < 4.78 is 9.57. The molecule has 8 heteroatoms. The number of anilines is 1. The minimum absolute atomic E-state index is 0.260. The Bertz CT molecular complexity index is 673. The third-order valence-corrected chi connectivity index (χ3v) is 4.40. The topological polar surface area (TPSA) is 93.7 Å². The monoisotopic (exact) mass is 368 g/mol. The number of esters is 1. The molecule has 0 saturated heterocycles. The molecule has 0 aromatic heterocycles. The molecule has 0 aliphatic heterocycles. The van der Waals surface area contributed by atoms with Crippen LogP contribution in [0.2, 0.25) is 5.02 Å². The molecule has 1 aromatic rings. The van der Waals surface area contributed by atoms with Crippen molar-refractivity contribution in [3.63, 3.8) is 0 Å². The second kappa shape index (κ2) is 8.31. The molecule has 25 heavy (non-hydrogen) atoms. The predicted molar refractivity (Wildman–Crippen MR) is 92.6 cm³/mol. The second-order valence-corrected chi connectivity index (χ2v) is 6.23. The Labute approximate surface area is 151 Å². The Morgan fingerprint density at radius 1 is 1.20 bits per heavy atom. The molecule has 2 N–H and O–H groups in total. The number of hydrogen-bond donors (Lipinski definition) is 2. The number of carbonyl (C=O) groups is 3. The maximum absolute atomic E-state index is 12.6. The van der Waals surface area contributed by atoms with E-state index in [1.807, 2.05) is 0 Å². The summed E-state index contributed by atoms with van der Waals surface area (Å²) in [5.41, 5.74) is -0.540. The highest BCUT2D eigenvalue weighted by atomic mass is 35.5. The number of rotatable bonds is 8. The van der Waals surface area contributed by atoms with Gasteiger partial charge >= 0.3 is 5.97 Å². The Kier molecular flexibility index (Phi) is 6.39. The van der Waals surface area contributed by atoms with Crippen molar-refractivity contribution in [2.24, 2.45) is 5.41 Å². The summed E-state index contributed by atoms with van der Waals surface area (Å²) in [5.74, 6) is -1.27. The van der Waals surface area contributed by atoms with Crippen molar-refractivity contribution in [3.8, 4) is 0 Å². The first-order chi connectivity index (χ1) is 11.9. The molecular weight excluding hydrogens is 348 g/mol. The number of benzene rings is 1. The van der Waals surface area contributed by atoms with Gasteiger partial charge in [0.05, 0.1) is 23.4 Å². The largest absolute Gasteiger partial charge is 0.465 e. The van der Waals surface area contributed by atoms with Gasteiger partial charge < -0.3 is 20.1 Å². The Balaban J connectivity index is 2.04. The predicted octanol–water partition coefficient (Wildman–Crippen LogP) is 2.00. The Hall–Kier alpha value is -2.12. The first-order valence-electron chi connectivity index (χ1n) is 7.91. The minimum Gasteiger partial charge on any atom is -0.465 e. The summed E-state index contributed by atoms with van der Waals surface area (Å²) >= 11 is 6.08. The lowest BCUT2D eigenvalue weighted by Gasteiger charge is -2.16. The standard InChI is InChI=1S/C17H21ClN2O5/c1-24-9-3-8-19-15(22)17(6-7-17)16(23)20-13-10-11(14(21)25-2)4-5-12(13)18/h4-5,10H,3,6-9H2,1-2H3,(H,19,22)(H,20,23). The molecule has 136 valence electrons. The van der Waals surface area contributed by atoms with E-state index in [1.54, 1.807) is 7.11 Å². The van der Waals surface area contributed by atoms with Crippen molar-refractivity contribution in [1.29, 1.82) is 0 Å². The third-order valence-electron chi connectivity index (χ3n) is 4.07. The zero-order chi connectivity index (χ0) is 18.4. The minimum atomic E-state index is -1.07. The van der Waals surface area contributed by atoms with Gasteiger partial charge in [-0.1, -0.05) is 11.6 Å². The molecule has 0 bridgehead atoms. The van der Waals surface area contributed by atoms with Crippen LogP contribution in [0, 0.1) is 5.41 Å². The zero-order valence-electron chi connectivity index (χ0n) is 14.2. The molecule has 0 unspecified atom stereocenters. The smallest absolute Gasteiger partial charge is 0.337 e.